The molecule has 0 aliphatic rings. The van der Waals surface area contributed by atoms with Crippen LogP contribution in [0.5, 0.6) is 0 Å². The average Bonchev–Trinajstić information content (AvgIpc) is 1.65. The minimum absolute atomic E-state index is 0.798. The molecule has 0 aromatic heterocycles. The zero-order valence-electron chi connectivity index (χ0n) is 4.52. The van der Waals surface area contributed by atoms with Crippen LogP contribution in [0, 0.1) is 0 Å². The predicted molar refractivity (Wildman–Crippen MR) is 40.0 cm³/mol. The first kappa shape index (κ1) is 7.94. The fourth-order valence-corrected chi connectivity index (χ4v) is 0.502. The zero-order chi connectivity index (χ0) is 6.57. The quantitative estimate of drug-likeness (QED) is 0.575. The number of hydrogen-bond acceptors (Lipinski definition) is 1. The van der Waals surface area contributed by atoms with Crippen LogP contribution in [0.1, 0.15) is 13.3 Å². The smallest absolute Gasteiger partial charge is 0.329 e. The molecule has 0 fully saturated rings. The molecule has 0 bridgehead atoms. The number of halogens is 1. The molecule has 0 aromatic carbocycles. The lowest BCUT2D eigenvalue weighted by molar-refractivity contribution is -0.131. The van der Waals surface area contributed by atoms with Crippen molar-refractivity contribution in [1.29, 1.82) is 0 Å². The van der Waals surface area contributed by atoms with Crippen LogP contribution in [0.2, 0.25) is 0 Å². The van der Waals surface area contributed by atoms with Gasteiger partial charge in [0.05, 0.1) is 0 Å². The first-order valence-corrected chi connectivity index (χ1v) is 3.33. The fourth-order valence-electron chi connectivity index (χ4n) is 0.236. The second-order valence-electron chi connectivity index (χ2n) is 1.28. The van der Waals surface area contributed by atoms with Crippen LogP contribution in [-0.4, -0.2) is 11.1 Å². The fraction of sp³-hybridized carbons (Fsp3) is 0.400. The van der Waals surface area contributed by atoms with E-state index in [1.807, 2.05) is 29.5 Å². The number of carboxylic acid groups (broad SMARTS) is 1. The van der Waals surface area contributed by atoms with Gasteiger partial charge in [0.2, 0.25) is 0 Å². The third kappa shape index (κ3) is 4.11. The molecule has 2 nitrogen and oxygen atoms in total. The van der Waals surface area contributed by atoms with Crippen molar-refractivity contribution < 1.29 is 9.90 Å². The first-order valence-electron chi connectivity index (χ1n) is 2.25. The molecule has 0 unspecified atom stereocenters. The summed E-state index contributed by atoms with van der Waals surface area (Å²) in [6.45, 7) is 1.92. The van der Waals surface area contributed by atoms with Crippen molar-refractivity contribution in [3.8, 4) is 0 Å². The van der Waals surface area contributed by atoms with Crippen LogP contribution >= 0.6 is 22.6 Å². The average molecular weight is 226 g/mol. The summed E-state index contributed by atoms with van der Waals surface area (Å²) in [5.74, 6) is -0.865. The third-order valence-corrected chi connectivity index (χ3v) is 1.69. The summed E-state index contributed by atoms with van der Waals surface area (Å²) >= 11 is 2.00. The molecule has 0 amide bonds. The topological polar surface area (TPSA) is 37.3 Å². The predicted octanol–water partition coefficient (Wildman–Crippen LogP) is 1.80. The van der Waals surface area contributed by atoms with Crippen LogP contribution < -0.4 is 0 Å². The van der Waals surface area contributed by atoms with Crippen molar-refractivity contribution in [2.24, 2.45) is 0 Å². The van der Waals surface area contributed by atoms with Crippen molar-refractivity contribution >= 4 is 28.6 Å². The Kier molecular flexibility index (Phi) is 3.85. The highest BCUT2D eigenvalue weighted by Crippen LogP contribution is 2.08. The first-order chi connectivity index (χ1) is 3.66. The second kappa shape index (κ2) is 3.88. The highest BCUT2D eigenvalue weighted by molar-refractivity contribution is 14.1. The van der Waals surface area contributed by atoms with Gasteiger partial charge >= 0.3 is 5.97 Å². The van der Waals surface area contributed by atoms with Gasteiger partial charge in [-0.25, -0.2) is 4.79 Å². The van der Waals surface area contributed by atoms with Crippen LogP contribution in [-0.2, 0) is 4.79 Å². The molecule has 0 aliphatic carbocycles. The number of hydrogen-bond donors (Lipinski definition) is 1. The van der Waals surface area contributed by atoms with Gasteiger partial charge in [-0.2, -0.15) is 0 Å². The largest absolute Gasteiger partial charge is 0.478 e. The van der Waals surface area contributed by atoms with E-state index in [1.165, 1.54) is 6.08 Å². The van der Waals surface area contributed by atoms with Gasteiger partial charge in [0, 0.05) is 6.08 Å². The monoisotopic (exact) mass is 226 g/mol. The molecule has 0 aliphatic heterocycles. The van der Waals surface area contributed by atoms with Crippen LogP contribution in [0.25, 0.3) is 0 Å². The number of allylic oxidation sites excluding steroid dienone is 1. The van der Waals surface area contributed by atoms with Crippen LogP contribution in [0.3, 0.4) is 0 Å². The van der Waals surface area contributed by atoms with Gasteiger partial charge in [0.25, 0.3) is 0 Å². The van der Waals surface area contributed by atoms with E-state index in [0.29, 0.717) is 0 Å². The highest BCUT2D eigenvalue weighted by atomic mass is 127. The van der Waals surface area contributed by atoms with Crippen molar-refractivity contribution in [3.63, 3.8) is 0 Å². The maximum absolute atomic E-state index is 9.89. The summed E-state index contributed by atoms with van der Waals surface area (Å²) in [5.41, 5.74) is 0. The third-order valence-electron chi connectivity index (χ3n) is 0.618. The molecule has 0 saturated carbocycles. The highest BCUT2D eigenvalue weighted by Gasteiger charge is 1.89. The molecule has 8 heavy (non-hydrogen) atoms. The minimum Gasteiger partial charge on any atom is -0.478 e. The van der Waals surface area contributed by atoms with E-state index in [1.54, 1.807) is 0 Å². The SMILES string of the molecule is CC/C(I)=C/C(=O)O. The molecular weight excluding hydrogens is 219 g/mol. The molecule has 1 N–H and O–H groups in total. The molecule has 0 aromatic rings. The summed E-state index contributed by atoms with van der Waals surface area (Å²) in [6, 6.07) is 0. The lowest BCUT2D eigenvalue weighted by Gasteiger charge is -1.85. The zero-order valence-corrected chi connectivity index (χ0v) is 6.68. The number of carboxylic acids is 1. The van der Waals surface area contributed by atoms with E-state index in [4.69, 9.17) is 5.11 Å². The van der Waals surface area contributed by atoms with E-state index in [9.17, 15) is 4.79 Å². The summed E-state index contributed by atoms with van der Waals surface area (Å²) < 4.78 is 0.870. The Balaban J connectivity index is 3.75. The number of rotatable bonds is 2. The van der Waals surface area contributed by atoms with Crippen molar-refractivity contribution in [2.45, 2.75) is 13.3 Å². The Morgan fingerprint density at radius 3 is 2.50 bits per heavy atom. The minimum atomic E-state index is -0.865. The van der Waals surface area contributed by atoms with Gasteiger partial charge in [-0.15, -0.1) is 0 Å². The molecule has 0 atom stereocenters. The van der Waals surface area contributed by atoms with Crippen molar-refractivity contribution in [2.75, 3.05) is 0 Å². The molecular formula is C5H7IO2. The van der Waals surface area contributed by atoms with Gasteiger partial charge in [0.15, 0.2) is 0 Å². The Morgan fingerprint density at radius 1 is 1.88 bits per heavy atom. The standard InChI is InChI=1S/C5H7IO2/c1-2-4(6)3-5(7)8/h3H,2H2,1H3,(H,7,8)/b4-3-. The summed E-state index contributed by atoms with van der Waals surface area (Å²) in [4.78, 5) is 9.89. The second-order valence-corrected chi connectivity index (χ2v) is 2.67. The number of aliphatic carboxylic acids is 1. The molecule has 0 spiro atoms. The summed E-state index contributed by atoms with van der Waals surface area (Å²) in [5, 5.41) is 8.13. The van der Waals surface area contributed by atoms with E-state index in [2.05, 4.69) is 0 Å². The van der Waals surface area contributed by atoms with Crippen molar-refractivity contribution in [1.82, 2.24) is 0 Å². The molecule has 0 radical (unpaired) electrons. The van der Waals surface area contributed by atoms with Gasteiger partial charge in [-0.3, -0.25) is 0 Å². The molecule has 0 saturated heterocycles. The van der Waals surface area contributed by atoms with E-state index >= 15 is 0 Å². The maximum atomic E-state index is 9.89. The van der Waals surface area contributed by atoms with E-state index in [0.717, 1.165) is 10.0 Å². The molecule has 46 valence electrons. The number of carbonyl (C=O) groups is 1. The Labute approximate surface area is 61.7 Å². The van der Waals surface area contributed by atoms with Crippen molar-refractivity contribution in [3.05, 3.63) is 9.66 Å². The molecule has 0 rings (SSSR count). The van der Waals surface area contributed by atoms with Gasteiger partial charge in [0.1, 0.15) is 0 Å². The molecule has 3 heteroatoms. The molecule has 0 heterocycles. The van der Waals surface area contributed by atoms with Crippen LogP contribution in [0.4, 0.5) is 0 Å². The summed E-state index contributed by atoms with van der Waals surface area (Å²) in [6.07, 6.45) is 2.01. The lowest BCUT2D eigenvalue weighted by Crippen LogP contribution is -1.86. The van der Waals surface area contributed by atoms with E-state index < -0.39 is 5.97 Å². The Bertz CT molecular complexity index is 118. The van der Waals surface area contributed by atoms with Gasteiger partial charge in [-0.05, 0) is 32.6 Å². The lowest BCUT2D eigenvalue weighted by atomic mass is 10.4. The van der Waals surface area contributed by atoms with E-state index in [-0.39, 0.29) is 0 Å². The van der Waals surface area contributed by atoms with Gasteiger partial charge in [-0.1, -0.05) is 6.92 Å². The van der Waals surface area contributed by atoms with Gasteiger partial charge < -0.3 is 5.11 Å². The summed E-state index contributed by atoms with van der Waals surface area (Å²) in [7, 11) is 0. The Morgan fingerprint density at radius 2 is 2.38 bits per heavy atom. The normalized spacial score (nSPS) is 11.5. The maximum Gasteiger partial charge on any atom is 0.329 e. The van der Waals surface area contributed by atoms with Crippen LogP contribution in [0.15, 0.2) is 9.66 Å². The Hall–Kier alpha value is -0.0600.